The number of anilines is 1. The molecule has 0 bridgehead atoms. The summed E-state index contributed by atoms with van der Waals surface area (Å²) in [6.45, 7) is 0.396. The molecule has 0 saturated heterocycles. The molecule has 4 heteroatoms. The Hall–Kier alpha value is -3.06. The van der Waals surface area contributed by atoms with Gasteiger partial charge >= 0.3 is 5.97 Å². The zero-order chi connectivity index (χ0) is 16.2. The van der Waals surface area contributed by atoms with E-state index in [1.807, 2.05) is 48.5 Å². The Morgan fingerprint density at radius 2 is 1.78 bits per heavy atom. The summed E-state index contributed by atoms with van der Waals surface area (Å²) in [7, 11) is 0. The second kappa shape index (κ2) is 6.37. The van der Waals surface area contributed by atoms with Crippen LogP contribution in [0.25, 0.3) is 0 Å². The summed E-state index contributed by atoms with van der Waals surface area (Å²) < 4.78 is 0. The fourth-order valence-corrected chi connectivity index (χ4v) is 2.74. The Morgan fingerprint density at radius 3 is 2.52 bits per heavy atom. The molecule has 1 N–H and O–H groups in total. The molecule has 0 aromatic heterocycles. The molecule has 2 aromatic rings. The third-order valence-electron chi connectivity index (χ3n) is 3.88. The van der Waals surface area contributed by atoms with Crippen molar-refractivity contribution in [2.45, 2.75) is 19.0 Å². The fraction of sp³-hybridized carbons (Fsp3) is 0.158. The fourth-order valence-electron chi connectivity index (χ4n) is 2.74. The minimum atomic E-state index is -1.02. The van der Waals surface area contributed by atoms with Gasteiger partial charge in [-0.2, -0.15) is 0 Å². The molecule has 23 heavy (non-hydrogen) atoms. The average Bonchev–Trinajstić information content (AvgIpc) is 2.55. The van der Waals surface area contributed by atoms with Crippen molar-refractivity contribution in [1.82, 2.24) is 0 Å². The molecule has 1 atom stereocenters. The average molecular weight is 305 g/mol. The number of para-hydroxylation sites is 1. The number of carboxylic acid groups (broad SMARTS) is 1. The van der Waals surface area contributed by atoms with Crippen LogP contribution in [0.1, 0.15) is 23.1 Å². The lowest BCUT2D eigenvalue weighted by Gasteiger charge is -2.32. The summed E-state index contributed by atoms with van der Waals surface area (Å²) in [5, 5.41) is 9.56. The van der Waals surface area contributed by atoms with Crippen molar-refractivity contribution >= 4 is 17.9 Å². The van der Waals surface area contributed by atoms with Gasteiger partial charge in [0.25, 0.3) is 0 Å². The molecular formula is C19H15NO3. The summed E-state index contributed by atoms with van der Waals surface area (Å²) in [6.07, 6.45) is 0.580. The minimum absolute atomic E-state index is 0.0702. The first kappa shape index (κ1) is 14.9. The number of carbonyl (C=O) groups excluding carboxylic acids is 1. The van der Waals surface area contributed by atoms with Crippen molar-refractivity contribution in [2.24, 2.45) is 0 Å². The number of aliphatic carboxylic acids is 1. The van der Waals surface area contributed by atoms with Crippen molar-refractivity contribution in [1.29, 1.82) is 0 Å². The second-order valence-electron chi connectivity index (χ2n) is 5.31. The highest BCUT2D eigenvalue weighted by Crippen LogP contribution is 2.27. The van der Waals surface area contributed by atoms with E-state index in [0.29, 0.717) is 12.8 Å². The summed E-state index contributed by atoms with van der Waals surface area (Å²) in [5.41, 5.74) is 3.33. The number of nitrogens with zero attached hydrogens (tertiary/aromatic N) is 1. The first-order valence-electron chi connectivity index (χ1n) is 7.32. The molecule has 114 valence electrons. The monoisotopic (exact) mass is 305 g/mol. The predicted molar refractivity (Wildman–Crippen MR) is 87.2 cm³/mol. The summed E-state index contributed by atoms with van der Waals surface area (Å²) in [5.74, 6) is 5.25. The largest absolute Gasteiger partial charge is 0.480 e. The first-order valence-corrected chi connectivity index (χ1v) is 7.32. The quantitative estimate of drug-likeness (QED) is 0.696. The Bertz CT molecular complexity index is 817. The number of carboxylic acids is 1. The Kier molecular flexibility index (Phi) is 4.11. The molecule has 1 heterocycles. The topological polar surface area (TPSA) is 57.6 Å². The molecule has 4 nitrogen and oxygen atoms in total. The van der Waals surface area contributed by atoms with Crippen LogP contribution < -0.4 is 4.90 Å². The molecule has 0 fully saturated rings. The molecule has 3 rings (SSSR count). The lowest BCUT2D eigenvalue weighted by atomic mass is 10.0. The van der Waals surface area contributed by atoms with Gasteiger partial charge in [0.15, 0.2) is 0 Å². The maximum absolute atomic E-state index is 11.7. The van der Waals surface area contributed by atoms with Gasteiger partial charge in [0.2, 0.25) is 0 Å². The molecule has 0 radical (unpaired) electrons. The van der Waals surface area contributed by atoms with Crippen LogP contribution in [-0.4, -0.2) is 23.4 Å². The second-order valence-corrected chi connectivity index (χ2v) is 5.31. The van der Waals surface area contributed by atoms with Crippen LogP contribution >= 0.6 is 0 Å². The Morgan fingerprint density at radius 1 is 1.13 bits per heavy atom. The van der Waals surface area contributed by atoms with Crippen LogP contribution in [0, 0.1) is 11.8 Å². The summed E-state index contributed by atoms with van der Waals surface area (Å²) in [6, 6.07) is 14.2. The molecule has 1 unspecified atom stereocenters. The molecule has 0 spiro atoms. The predicted octanol–water partition coefficient (Wildman–Crippen LogP) is 2.45. The third kappa shape index (κ3) is 2.95. The van der Waals surface area contributed by atoms with E-state index < -0.39 is 12.0 Å². The Balaban J connectivity index is 2.18. The van der Waals surface area contributed by atoms with Crippen LogP contribution in [0.4, 0.5) is 5.69 Å². The standard InChI is InChI=1S/C19H15NO3/c21-12-11-18(19(22)23)20-13-16-7-2-1-5-14(16)9-10-15-6-3-4-8-17(15)20/h1-8,12,18H,11,13H2,(H,22,23). The van der Waals surface area contributed by atoms with Crippen molar-refractivity contribution in [3.8, 4) is 11.8 Å². The Labute approximate surface area is 134 Å². The van der Waals surface area contributed by atoms with Crippen LogP contribution in [-0.2, 0) is 16.1 Å². The van der Waals surface area contributed by atoms with E-state index in [-0.39, 0.29) is 6.42 Å². The lowest BCUT2D eigenvalue weighted by Crippen LogP contribution is -2.42. The van der Waals surface area contributed by atoms with E-state index in [0.717, 1.165) is 22.4 Å². The molecule has 0 amide bonds. The van der Waals surface area contributed by atoms with Crippen LogP contribution in [0.15, 0.2) is 48.5 Å². The van der Waals surface area contributed by atoms with E-state index in [1.165, 1.54) is 0 Å². The van der Waals surface area contributed by atoms with Gasteiger partial charge in [-0.15, -0.1) is 0 Å². The summed E-state index contributed by atoms with van der Waals surface area (Å²) in [4.78, 5) is 24.4. The van der Waals surface area contributed by atoms with Gasteiger partial charge < -0.3 is 14.8 Å². The molecule has 0 saturated carbocycles. The van der Waals surface area contributed by atoms with E-state index in [2.05, 4.69) is 11.8 Å². The van der Waals surface area contributed by atoms with Crippen molar-refractivity contribution in [3.05, 3.63) is 65.2 Å². The third-order valence-corrected chi connectivity index (χ3v) is 3.88. The van der Waals surface area contributed by atoms with Crippen molar-refractivity contribution < 1.29 is 14.7 Å². The number of rotatable bonds is 4. The van der Waals surface area contributed by atoms with Gasteiger partial charge in [0.1, 0.15) is 12.3 Å². The highest BCUT2D eigenvalue weighted by atomic mass is 16.4. The number of benzene rings is 2. The lowest BCUT2D eigenvalue weighted by molar-refractivity contribution is -0.139. The molecular weight excluding hydrogens is 290 g/mol. The van der Waals surface area contributed by atoms with E-state index in [9.17, 15) is 14.7 Å². The molecule has 1 aliphatic rings. The number of carbonyl (C=O) groups is 2. The van der Waals surface area contributed by atoms with E-state index in [1.54, 1.807) is 4.90 Å². The number of fused-ring (bicyclic) bond motifs is 2. The van der Waals surface area contributed by atoms with Gasteiger partial charge in [-0.25, -0.2) is 4.79 Å². The van der Waals surface area contributed by atoms with E-state index in [4.69, 9.17) is 0 Å². The van der Waals surface area contributed by atoms with Gasteiger partial charge in [0, 0.05) is 24.1 Å². The minimum Gasteiger partial charge on any atom is -0.480 e. The van der Waals surface area contributed by atoms with Gasteiger partial charge in [0.05, 0.1) is 5.69 Å². The van der Waals surface area contributed by atoms with Gasteiger partial charge in [-0.05, 0) is 23.8 Å². The SMILES string of the molecule is O=CCC(C(=O)O)N1Cc2ccccc2C#Cc2ccccc21. The first-order chi connectivity index (χ1) is 11.2. The van der Waals surface area contributed by atoms with Crippen molar-refractivity contribution in [3.63, 3.8) is 0 Å². The molecule has 2 aromatic carbocycles. The highest BCUT2D eigenvalue weighted by Gasteiger charge is 2.28. The highest BCUT2D eigenvalue weighted by molar-refractivity contribution is 5.82. The van der Waals surface area contributed by atoms with Crippen LogP contribution in [0.3, 0.4) is 0 Å². The van der Waals surface area contributed by atoms with E-state index >= 15 is 0 Å². The van der Waals surface area contributed by atoms with Gasteiger partial charge in [-0.1, -0.05) is 42.2 Å². The number of hydrogen-bond acceptors (Lipinski definition) is 3. The smallest absolute Gasteiger partial charge is 0.326 e. The maximum atomic E-state index is 11.7. The van der Waals surface area contributed by atoms with Gasteiger partial charge in [-0.3, -0.25) is 0 Å². The summed E-state index contributed by atoms with van der Waals surface area (Å²) >= 11 is 0. The van der Waals surface area contributed by atoms with Crippen LogP contribution in [0.5, 0.6) is 0 Å². The van der Waals surface area contributed by atoms with Crippen LogP contribution in [0.2, 0.25) is 0 Å². The maximum Gasteiger partial charge on any atom is 0.326 e. The van der Waals surface area contributed by atoms with Crippen molar-refractivity contribution in [2.75, 3.05) is 4.90 Å². The number of aldehydes is 1. The molecule has 0 aliphatic carbocycles. The zero-order valence-corrected chi connectivity index (χ0v) is 12.4. The molecule has 1 aliphatic heterocycles. The number of hydrogen-bond donors (Lipinski definition) is 1. The zero-order valence-electron chi connectivity index (χ0n) is 12.4. The normalized spacial score (nSPS) is 13.5.